The van der Waals surface area contributed by atoms with E-state index < -0.39 is 0 Å². The standard InChI is InChI=1S/C6H10N6/c7-5-9-3-10-6(11-5)12-2-1-8-4-12/h3,8H,1-2,4H2,(H2,7,9,10,11). The van der Waals surface area contributed by atoms with Gasteiger partial charge in [0.05, 0.1) is 6.67 Å². The summed E-state index contributed by atoms with van der Waals surface area (Å²) in [6, 6.07) is 0. The van der Waals surface area contributed by atoms with Crippen LogP contribution in [-0.2, 0) is 0 Å². The highest BCUT2D eigenvalue weighted by molar-refractivity contribution is 5.33. The number of hydrogen-bond acceptors (Lipinski definition) is 6. The molecular formula is C6H10N6. The Kier molecular flexibility index (Phi) is 1.75. The molecule has 1 saturated heterocycles. The molecule has 0 saturated carbocycles. The summed E-state index contributed by atoms with van der Waals surface area (Å²) in [5.74, 6) is 0.916. The first-order valence-electron chi connectivity index (χ1n) is 3.76. The molecule has 1 aliphatic rings. The van der Waals surface area contributed by atoms with Crippen LogP contribution < -0.4 is 16.0 Å². The largest absolute Gasteiger partial charge is 0.368 e. The van der Waals surface area contributed by atoms with Gasteiger partial charge < -0.3 is 10.6 Å². The zero-order valence-corrected chi connectivity index (χ0v) is 6.56. The van der Waals surface area contributed by atoms with Crippen LogP contribution in [0.15, 0.2) is 6.33 Å². The summed E-state index contributed by atoms with van der Waals surface area (Å²) in [5, 5.41) is 3.17. The number of aromatic nitrogens is 3. The van der Waals surface area contributed by atoms with Gasteiger partial charge >= 0.3 is 0 Å². The molecule has 0 aromatic carbocycles. The maximum atomic E-state index is 5.42. The van der Waals surface area contributed by atoms with Crippen molar-refractivity contribution in [3.05, 3.63) is 6.33 Å². The van der Waals surface area contributed by atoms with Crippen molar-refractivity contribution in [3.8, 4) is 0 Å². The second-order valence-corrected chi connectivity index (χ2v) is 2.57. The first kappa shape index (κ1) is 7.23. The molecule has 6 heteroatoms. The molecule has 6 nitrogen and oxygen atoms in total. The number of nitrogens with one attached hydrogen (secondary N) is 1. The summed E-state index contributed by atoms with van der Waals surface area (Å²) in [6.45, 7) is 2.67. The Morgan fingerprint density at radius 3 is 3.08 bits per heavy atom. The van der Waals surface area contributed by atoms with E-state index >= 15 is 0 Å². The molecule has 0 amide bonds. The van der Waals surface area contributed by atoms with Crippen molar-refractivity contribution in [2.45, 2.75) is 0 Å². The molecule has 0 spiro atoms. The highest BCUT2D eigenvalue weighted by atomic mass is 15.4. The summed E-state index contributed by atoms with van der Waals surface area (Å²) in [7, 11) is 0. The van der Waals surface area contributed by atoms with Gasteiger partial charge in [-0.2, -0.15) is 4.98 Å². The van der Waals surface area contributed by atoms with E-state index in [2.05, 4.69) is 20.3 Å². The van der Waals surface area contributed by atoms with Gasteiger partial charge in [-0.3, -0.25) is 5.32 Å². The highest BCUT2D eigenvalue weighted by Crippen LogP contribution is 2.06. The van der Waals surface area contributed by atoms with Crippen LogP contribution in [0.5, 0.6) is 0 Å². The van der Waals surface area contributed by atoms with E-state index in [1.807, 2.05) is 4.90 Å². The lowest BCUT2D eigenvalue weighted by Gasteiger charge is -2.12. The molecule has 0 radical (unpaired) electrons. The maximum Gasteiger partial charge on any atom is 0.231 e. The Bertz CT molecular complexity index is 268. The fraction of sp³-hybridized carbons (Fsp3) is 0.500. The van der Waals surface area contributed by atoms with Crippen molar-refractivity contribution in [3.63, 3.8) is 0 Å². The molecule has 3 N–H and O–H groups in total. The normalized spacial score (nSPS) is 16.8. The SMILES string of the molecule is Nc1ncnc(N2CCNC2)n1. The van der Waals surface area contributed by atoms with E-state index in [4.69, 9.17) is 5.73 Å². The Morgan fingerprint density at radius 1 is 1.50 bits per heavy atom. The lowest BCUT2D eigenvalue weighted by molar-refractivity contribution is 0.834. The van der Waals surface area contributed by atoms with Gasteiger partial charge in [-0.1, -0.05) is 0 Å². The number of nitrogens with two attached hydrogens (primary N) is 1. The highest BCUT2D eigenvalue weighted by Gasteiger charge is 2.13. The summed E-state index contributed by atoms with van der Waals surface area (Å²) in [5.41, 5.74) is 5.42. The summed E-state index contributed by atoms with van der Waals surface area (Å²) < 4.78 is 0. The van der Waals surface area contributed by atoms with Crippen LogP contribution in [0.1, 0.15) is 0 Å². The van der Waals surface area contributed by atoms with E-state index in [-0.39, 0.29) is 5.95 Å². The van der Waals surface area contributed by atoms with Crippen LogP contribution in [0.25, 0.3) is 0 Å². The molecule has 64 valence electrons. The molecule has 1 aliphatic heterocycles. The molecule has 1 aromatic heterocycles. The van der Waals surface area contributed by atoms with E-state index in [0.29, 0.717) is 5.95 Å². The average molecular weight is 166 g/mol. The fourth-order valence-electron chi connectivity index (χ4n) is 1.13. The predicted molar refractivity (Wildman–Crippen MR) is 44.5 cm³/mol. The van der Waals surface area contributed by atoms with Gasteiger partial charge in [0.1, 0.15) is 6.33 Å². The molecule has 0 unspecified atom stereocenters. The molecule has 2 rings (SSSR count). The molecule has 0 bridgehead atoms. The summed E-state index contributed by atoms with van der Waals surface area (Å²) >= 11 is 0. The van der Waals surface area contributed by atoms with E-state index in [1.54, 1.807) is 0 Å². The van der Waals surface area contributed by atoms with Gasteiger partial charge in [0, 0.05) is 13.1 Å². The van der Waals surface area contributed by atoms with Crippen LogP contribution in [0.2, 0.25) is 0 Å². The molecule has 2 heterocycles. The Balaban J connectivity index is 2.21. The van der Waals surface area contributed by atoms with Crippen LogP contribution >= 0.6 is 0 Å². The first-order chi connectivity index (χ1) is 5.86. The topological polar surface area (TPSA) is 80.0 Å². The van der Waals surface area contributed by atoms with Crippen LogP contribution in [0, 0.1) is 0 Å². The van der Waals surface area contributed by atoms with Crippen LogP contribution in [0.4, 0.5) is 11.9 Å². The number of nitrogens with zero attached hydrogens (tertiary/aromatic N) is 4. The van der Waals surface area contributed by atoms with Crippen molar-refractivity contribution >= 4 is 11.9 Å². The zero-order chi connectivity index (χ0) is 8.39. The third-order valence-electron chi connectivity index (χ3n) is 1.72. The molecule has 0 atom stereocenters. The number of hydrogen-bond donors (Lipinski definition) is 2. The minimum atomic E-state index is 0.270. The smallest absolute Gasteiger partial charge is 0.231 e. The molecule has 0 aliphatic carbocycles. The van der Waals surface area contributed by atoms with Crippen molar-refractivity contribution in [1.82, 2.24) is 20.3 Å². The Labute approximate surface area is 69.8 Å². The first-order valence-corrected chi connectivity index (χ1v) is 3.76. The number of anilines is 2. The lowest BCUT2D eigenvalue weighted by atomic mass is 10.6. The van der Waals surface area contributed by atoms with Crippen molar-refractivity contribution in [1.29, 1.82) is 0 Å². The van der Waals surface area contributed by atoms with Gasteiger partial charge in [-0.25, -0.2) is 9.97 Å². The lowest BCUT2D eigenvalue weighted by Crippen LogP contribution is -2.23. The number of rotatable bonds is 1. The maximum absolute atomic E-state index is 5.42. The van der Waals surface area contributed by atoms with Crippen molar-refractivity contribution in [2.75, 3.05) is 30.4 Å². The van der Waals surface area contributed by atoms with Gasteiger partial charge in [0.2, 0.25) is 11.9 Å². The summed E-state index contributed by atoms with van der Waals surface area (Å²) in [6.07, 6.45) is 1.43. The summed E-state index contributed by atoms with van der Waals surface area (Å²) in [4.78, 5) is 13.7. The van der Waals surface area contributed by atoms with Gasteiger partial charge in [-0.15, -0.1) is 0 Å². The van der Waals surface area contributed by atoms with E-state index in [9.17, 15) is 0 Å². The minimum Gasteiger partial charge on any atom is -0.368 e. The average Bonchev–Trinajstić information content (AvgIpc) is 2.56. The monoisotopic (exact) mass is 166 g/mol. The molecular weight excluding hydrogens is 156 g/mol. The van der Waals surface area contributed by atoms with Crippen LogP contribution in [0.3, 0.4) is 0 Å². The Hall–Kier alpha value is -1.43. The van der Waals surface area contributed by atoms with Gasteiger partial charge in [0.15, 0.2) is 0 Å². The quantitative estimate of drug-likeness (QED) is 0.546. The van der Waals surface area contributed by atoms with Crippen molar-refractivity contribution in [2.24, 2.45) is 0 Å². The van der Waals surface area contributed by atoms with E-state index in [1.165, 1.54) is 6.33 Å². The van der Waals surface area contributed by atoms with Gasteiger partial charge in [0.25, 0.3) is 0 Å². The second kappa shape index (κ2) is 2.90. The predicted octanol–water partition coefficient (Wildman–Crippen LogP) is -1.18. The van der Waals surface area contributed by atoms with Crippen LogP contribution in [-0.4, -0.2) is 34.7 Å². The second-order valence-electron chi connectivity index (χ2n) is 2.57. The number of nitrogen functional groups attached to an aromatic ring is 1. The zero-order valence-electron chi connectivity index (χ0n) is 6.56. The van der Waals surface area contributed by atoms with E-state index in [0.717, 1.165) is 19.8 Å². The molecule has 1 aromatic rings. The molecule has 12 heavy (non-hydrogen) atoms. The van der Waals surface area contributed by atoms with Crippen molar-refractivity contribution < 1.29 is 0 Å². The molecule has 1 fully saturated rings. The third-order valence-corrected chi connectivity index (χ3v) is 1.72. The van der Waals surface area contributed by atoms with Gasteiger partial charge in [-0.05, 0) is 0 Å². The Morgan fingerprint density at radius 2 is 2.42 bits per heavy atom. The third kappa shape index (κ3) is 1.28. The fourth-order valence-corrected chi connectivity index (χ4v) is 1.13. The minimum absolute atomic E-state index is 0.270.